The first-order valence-electron chi connectivity index (χ1n) is 5.73. The molecule has 0 aromatic carbocycles. The number of carbonyl (C=O) groups is 1. The van der Waals surface area contributed by atoms with Crippen LogP contribution in [0.5, 0.6) is 0 Å². The quantitative estimate of drug-likeness (QED) is 0.741. The van der Waals surface area contributed by atoms with Crippen LogP contribution in [0.25, 0.3) is 0 Å². The van der Waals surface area contributed by atoms with Crippen molar-refractivity contribution in [1.82, 2.24) is 0 Å². The highest BCUT2D eigenvalue weighted by atomic mass is 16.4. The largest absolute Gasteiger partial charge is 0.479 e. The molecule has 3 heteroatoms. The molecule has 0 radical (unpaired) electrons. The minimum absolute atomic E-state index is 0.0406. The zero-order valence-corrected chi connectivity index (χ0v) is 9.86. The Labute approximate surface area is 91.5 Å². The zero-order valence-electron chi connectivity index (χ0n) is 9.86. The number of aliphatic hydroxyl groups is 1. The van der Waals surface area contributed by atoms with E-state index in [2.05, 4.69) is 20.8 Å². The topological polar surface area (TPSA) is 57.5 Å². The molecule has 88 valence electrons. The van der Waals surface area contributed by atoms with Gasteiger partial charge in [-0.05, 0) is 42.9 Å². The number of carboxylic acid groups (broad SMARTS) is 1. The highest BCUT2D eigenvalue weighted by Gasteiger charge is 2.34. The summed E-state index contributed by atoms with van der Waals surface area (Å²) in [5.41, 5.74) is 0.305. The van der Waals surface area contributed by atoms with E-state index in [-0.39, 0.29) is 5.92 Å². The predicted molar refractivity (Wildman–Crippen MR) is 58.5 cm³/mol. The summed E-state index contributed by atoms with van der Waals surface area (Å²) in [4.78, 5) is 10.6. The van der Waals surface area contributed by atoms with E-state index in [9.17, 15) is 9.90 Å². The molecule has 0 saturated heterocycles. The Morgan fingerprint density at radius 3 is 2.00 bits per heavy atom. The van der Waals surface area contributed by atoms with Gasteiger partial charge < -0.3 is 10.2 Å². The number of aliphatic hydroxyl groups excluding tert-OH is 1. The van der Waals surface area contributed by atoms with Gasteiger partial charge in [0.25, 0.3) is 0 Å². The van der Waals surface area contributed by atoms with Crippen LogP contribution < -0.4 is 0 Å². The Bertz CT molecular complexity index is 222. The smallest absolute Gasteiger partial charge is 0.332 e. The van der Waals surface area contributed by atoms with Crippen molar-refractivity contribution in [1.29, 1.82) is 0 Å². The van der Waals surface area contributed by atoms with Gasteiger partial charge in [-0.15, -0.1) is 0 Å². The molecule has 0 aliphatic heterocycles. The van der Waals surface area contributed by atoms with E-state index in [4.69, 9.17) is 5.11 Å². The van der Waals surface area contributed by atoms with E-state index in [0.29, 0.717) is 11.3 Å². The van der Waals surface area contributed by atoms with Crippen molar-refractivity contribution in [2.45, 2.75) is 52.6 Å². The summed E-state index contributed by atoms with van der Waals surface area (Å²) in [6.07, 6.45) is 2.60. The van der Waals surface area contributed by atoms with E-state index in [0.717, 1.165) is 25.7 Å². The van der Waals surface area contributed by atoms with Gasteiger partial charge in [-0.3, -0.25) is 0 Å². The van der Waals surface area contributed by atoms with Crippen LogP contribution in [0.2, 0.25) is 0 Å². The van der Waals surface area contributed by atoms with Crippen molar-refractivity contribution in [2.75, 3.05) is 0 Å². The van der Waals surface area contributed by atoms with Crippen LogP contribution in [0.3, 0.4) is 0 Å². The lowest BCUT2D eigenvalue weighted by Crippen LogP contribution is -2.34. The first-order chi connectivity index (χ1) is 6.82. The van der Waals surface area contributed by atoms with E-state index >= 15 is 0 Å². The molecule has 0 bridgehead atoms. The molecule has 1 unspecified atom stereocenters. The molecule has 2 N–H and O–H groups in total. The lowest BCUT2D eigenvalue weighted by Gasteiger charge is -2.37. The minimum Gasteiger partial charge on any atom is -0.479 e. The van der Waals surface area contributed by atoms with E-state index in [1.54, 1.807) is 0 Å². The second-order valence-corrected chi connectivity index (χ2v) is 5.76. The van der Waals surface area contributed by atoms with Gasteiger partial charge in [0, 0.05) is 0 Å². The van der Waals surface area contributed by atoms with E-state index < -0.39 is 12.1 Å². The monoisotopic (exact) mass is 214 g/mol. The maximum Gasteiger partial charge on any atom is 0.332 e. The third kappa shape index (κ3) is 3.20. The normalized spacial score (nSPS) is 29.9. The molecule has 1 fully saturated rings. The van der Waals surface area contributed by atoms with E-state index in [1.807, 2.05) is 0 Å². The van der Waals surface area contributed by atoms with Crippen LogP contribution in [0.4, 0.5) is 0 Å². The number of aliphatic carboxylic acids is 1. The fourth-order valence-electron chi connectivity index (χ4n) is 2.50. The summed E-state index contributed by atoms with van der Waals surface area (Å²) >= 11 is 0. The summed E-state index contributed by atoms with van der Waals surface area (Å²) in [5.74, 6) is -0.454. The van der Waals surface area contributed by atoms with Crippen molar-refractivity contribution in [3.8, 4) is 0 Å². The van der Waals surface area contributed by atoms with Gasteiger partial charge in [-0.2, -0.15) is 0 Å². The van der Waals surface area contributed by atoms with Crippen LogP contribution >= 0.6 is 0 Å². The molecule has 1 aliphatic rings. The maximum absolute atomic E-state index is 10.6. The molecule has 0 aromatic heterocycles. The Hall–Kier alpha value is -0.570. The summed E-state index contributed by atoms with van der Waals surface area (Å²) < 4.78 is 0. The van der Waals surface area contributed by atoms with Crippen molar-refractivity contribution in [2.24, 2.45) is 17.3 Å². The average molecular weight is 214 g/mol. The molecule has 1 rings (SSSR count). The number of hydrogen-bond donors (Lipinski definition) is 2. The second-order valence-electron chi connectivity index (χ2n) is 5.76. The predicted octanol–water partition coefficient (Wildman–Crippen LogP) is 2.28. The maximum atomic E-state index is 10.6. The number of rotatable bonds is 2. The molecule has 1 saturated carbocycles. The highest BCUT2D eigenvalue weighted by Crippen LogP contribution is 2.40. The SMILES string of the molecule is CC(C)(C)C1CCC(C(O)C(=O)O)CC1. The van der Waals surface area contributed by atoms with Gasteiger partial charge in [0.2, 0.25) is 0 Å². The van der Waals surface area contributed by atoms with Crippen molar-refractivity contribution < 1.29 is 15.0 Å². The number of hydrogen-bond acceptors (Lipinski definition) is 2. The lowest BCUT2D eigenvalue weighted by atomic mass is 9.69. The van der Waals surface area contributed by atoms with Gasteiger partial charge >= 0.3 is 5.97 Å². The van der Waals surface area contributed by atoms with Gasteiger partial charge in [0.05, 0.1) is 0 Å². The van der Waals surface area contributed by atoms with Crippen LogP contribution in [0, 0.1) is 17.3 Å². The molecule has 0 heterocycles. The Morgan fingerprint density at radius 1 is 1.20 bits per heavy atom. The van der Waals surface area contributed by atoms with Crippen LogP contribution in [-0.2, 0) is 4.79 Å². The third-order valence-corrected chi connectivity index (χ3v) is 3.70. The molecule has 15 heavy (non-hydrogen) atoms. The van der Waals surface area contributed by atoms with Gasteiger partial charge in [0.15, 0.2) is 6.10 Å². The lowest BCUT2D eigenvalue weighted by molar-refractivity contribution is -0.150. The summed E-state index contributed by atoms with van der Waals surface area (Å²) in [7, 11) is 0. The van der Waals surface area contributed by atoms with Gasteiger partial charge in [-0.1, -0.05) is 20.8 Å². The van der Waals surface area contributed by atoms with Crippen LogP contribution in [0.15, 0.2) is 0 Å². The summed E-state index contributed by atoms with van der Waals surface area (Å²) in [6, 6.07) is 0. The van der Waals surface area contributed by atoms with Crippen molar-refractivity contribution in [3.05, 3.63) is 0 Å². The molecular weight excluding hydrogens is 192 g/mol. The van der Waals surface area contributed by atoms with Crippen LogP contribution in [-0.4, -0.2) is 22.3 Å². The van der Waals surface area contributed by atoms with E-state index in [1.165, 1.54) is 0 Å². The summed E-state index contributed by atoms with van der Waals surface area (Å²) in [6.45, 7) is 6.68. The van der Waals surface area contributed by atoms with Crippen molar-refractivity contribution in [3.63, 3.8) is 0 Å². The highest BCUT2D eigenvalue weighted by molar-refractivity contribution is 5.72. The minimum atomic E-state index is -1.16. The zero-order chi connectivity index (χ0) is 11.6. The molecule has 0 aromatic rings. The molecule has 3 nitrogen and oxygen atoms in total. The standard InChI is InChI=1S/C12H22O3/c1-12(2,3)9-6-4-8(5-7-9)10(13)11(14)15/h8-10,13H,4-7H2,1-3H3,(H,14,15). The number of carboxylic acids is 1. The van der Waals surface area contributed by atoms with Crippen molar-refractivity contribution >= 4 is 5.97 Å². The summed E-state index contributed by atoms with van der Waals surface area (Å²) in [5, 5.41) is 18.2. The fraction of sp³-hybridized carbons (Fsp3) is 0.917. The Balaban J connectivity index is 2.46. The Morgan fingerprint density at radius 2 is 1.67 bits per heavy atom. The van der Waals surface area contributed by atoms with Crippen LogP contribution in [0.1, 0.15) is 46.5 Å². The molecule has 0 amide bonds. The fourth-order valence-corrected chi connectivity index (χ4v) is 2.50. The second kappa shape index (κ2) is 4.52. The molecule has 1 atom stereocenters. The molecule has 0 spiro atoms. The van der Waals surface area contributed by atoms with Gasteiger partial charge in [-0.25, -0.2) is 4.79 Å². The first kappa shape index (κ1) is 12.5. The average Bonchev–Trinajstić information content (AvgIpc) is 2.15. The first-order valence-corrected chi connectivity index (χ1v) is 5.73. The Kier molecular flexibility index (Phi) is 3.77. The third-order valence-electron chi connectivity index (χ3n) is 3.70. The van der Waals surface area contributed by atoms with Gasteiger partial charge in [0.1, 0.15) is 0 Å². The molecule has 1 aliphatic carbocycles. The molecular formula is C12H22O3.